The van der Waals surface area contributed by atoms with Crippen molar-refractivity contribution >= 4 is 45.5 Å². The lowest BCUT2D eigenvalue weighted by Gasteiger charge is -2.33. The van der Waals surface area contributed by atoms with Gasteiger partial charge >= 0.3 is 0 Å². The van der Waals surface area contributed by atoms with Crippen LogP contribution in [-0.2, 0) is 11.3 Å². The molecule has 0 atom stereocenters. The van der Waals surface area contributed by atoms with Crippen LogP contribution in [0.1, 0.15) is 20.3 Å². The quantitative estimate of drug-likeness (QED) is 0.520. The highest BCUT2D eigenvalue weighted by Gasteiger charge is 2.17. The number of likely N-dealkylation sites (N-methyl/N-ethyl adjacent to an activating group) is 1. The first-order chi connectivity index (χ1) is 16.4. The number of hydrogen-bond acceptors (Lipinski definition) is 7. The first-order valence-electron chi connectivity index (χ1n) is 11.6. The number of ketones is 1. The largest absolute Gasteiger partial charge is 0.480 e. The van der Waals surface area contributed by atoms with Crippen molar-refractivity contribution in [3.8, 4) is 5.75 Å². The number of piperazine rings is 1. The van der Waals surface area contributed by atoms with Gasteiger partial charge in [0.2, 0.25) is 0 Å². The Labute approximate surface area is 204 Å². The van der Waals surface area contributed by atoms with Gasteiger partial charge in [-0.2, -0.15) is 0 Å². The van der Waals surface area contributed by atoms with Crippen LogP contribution in [0.25, 0.3) is 10.9 Å². The third kappa shape index (κ3) is 5.18. The number of fused-ring (bicyclic) bond motifs is 1. The molecule has 0 saturated carbocycles. The number of Topliss-reactive ketones (excluding diaryl/α,β-unsaturated/α-hetero) is 1. The minimum Gasteiger partial charge on any atom is -0.480 e. The molecule has 1 fully saturated rings. The molecule has 1 N–H and O–H groups in total. The zero-order chi connectivity index (χ0) is 24.2. The number of carbonyl (C=O) groups excluding carboxylic acids is 1. The molecule has 0 spiro atoms. The zero-order valence-corrected chi connectivity index (χ0v) is 20.6. The second-order valence-electron chi connectivity index (χ2n) is 8.45. The van der Waals surface area contributed by atoms with E-state index in [1.165, 1.54) is 0 Å². The van der Waals surface area contributed by atoms with Gasteiger partial charge in [0.05, 0.1) is 22.4 Å². The van der Waals surface area contributed by atoms with Crippen molar-refractivity contribution in [2.45, 2.75) is 26.8 Å². The van der Waals surface area contributed by atoms with Crippen molar-refractivity contribution in [1.82, 2.24) is 14.5 Å². The Kier molecular flexibility index (Phi) is 7.38. The summed E-state index contributed by atoms with van der Waals surface area (Å²) in [5.41, 5.74) is 2.14. The zero-order valence-electron chi connectivity index (χ0n) is 19.8. The second kappa shape index (κ2) is 10.4. The average molecular weight is 484 g/mol. The first kappa shape index (κ1) is 24.0. The fraction of sp³-hybridized carbons (Fsp3) is 0.400. The van der Waals surface area contributed by atoms with E-state index in [4.69, 9.17) is 16.3 Å². The van der Waals surface area contributed by atoms with Crippen LogP contribution >= 0.6 is 11.6 Å². The lowest BCUT2D eigenvalue weighted by molar-refractivity contribution is -0.120. The Morgan fingerprint density at radius 3 is 2.62 bits per heavy atom. The van der Waals surface area contributed by atoms with E-state index in [0.717, 1.165) is 54.3 Å². The third-order valence-electron chi connectivity index (χ3n) is 6.11. The van der Waals surface area contributed by atoms with Gasteiger partial charge in [-0.05, 0) is 38.2 Å². The smallest absolute Gasteiger partial charge is 0.293 e. The summed E-state index contributed by atoms with van der Waals surface area (Å²) in [5.74, 6) is 1.01. The molecule has 2 aromatic heterocycles. The van der Waals surface area contributed by atoms with Crippen molar-refractivity contribution in [2.24, 2.45) is 0 Å². The third-order valence-corrected chi connectivity index (χ3v) is 6.41. The molecule has 34 heavy (non-hydrogen) atoms. The number of anilines is 3. The maximum absolute atomic E-state index is 12.8. The fourth-order valence-electron chi connectivity index (χ4n) is 4.00. The minimum atomic E-state index is -0.242. The van der Waals surface area contributed by atoms with Crippen LogP contribution < -0.4 is 20.5 Å². The highest BCUT2D eigenvalue weighted by molar-refractivity contribution is 6.33. The summed E-state index contributed by atoms with van der Waals surface area (Å²) in [6.45, 7) is 7.87. The minimum absolute atomic E-state index is 0.0542. The number of nitrogens with zero attached hydrogens (tertiary/aromatic N) is 4. The standard InChI is InChI=1S/C25H30ClN5O3/c1-4-19(32)16-34-23-13-17-12-18(6-7-22(17)31(5-2)25(23)33)28-21-14-24(27-15-20(21)26)30-10-8-29(3)9-11-30/h6-7,12-15H,4-5,8-11,16H2,1-3H3,(H,27,28). The maximum atomic E-state index is 12.8. The van der Waals surface area contributed by atoms with Gasteiger partial charge in [-0.25, -0.2) is 4.98 Å². The highest BCUT2D eigenvalue weighted by Crippen LogP contribution is 2.30. The average Bonchev–Trinajstić information content (AvgIpc) is 2.84. The van der Waals surface area contributed by atoms with Gasteiger partial charge in [0.25, 0.3) is 5.56 Å². The molecular weight excluding hydrogens is 454 g/mol. The van der Waals surface area contributed by atoms with E-state index in [1.54, 1.807) is 23.8 Å². The van der Waals surface area contributed by atoms with E-state index in [0.29, 0.717) is 18.0 Å². The molecule has 1 saturated heterocycles. The Bertz CT molecular complexity index is 1250. The summed E-state index contributed by atoms with van der Waals surface area (Å²) in [7, 11) is 2.12. The summed E-state index contributed by atoms with van der Waals surface area (Å²) >= 11 is 6.46. The van der Waals surface area contributed by atoms with Gasteiger partial charge in [-0.1, -0.05) is 18.5 Å². The number of pyridine rings is 2. The van der Waals surface area contributed by atoms with Crippen LogP contribution in [0.3, 0.4) is 0 Å². The second-order valence-corrected chi connectivity index (χ2v) is 8.86. The van der Waals surface area contributed by atoms with E-state index < -0.39 is 0 Å². The summed E-state index contributed by atoms with van der Waals surface area (Å²) in [6, 6.07) is 9.43. The lowest BCUT2D eigenvalue weighted by atomic mass is 10.1. The van der Waals surface area contributed by atoms with E-state index in [1.807, 2.05) is 31.2 Å². The summed E-state index contributed by atoms with van der Waals surface area (Å²) < 4.78 is 7.21. The molecule has 180 valence electrons. The molecule has 4 rings (SSSR count). The molecule has 0 unspecified atom stereocenters. The van der Waals surface area contributed by atoms with Crippen LogP contribution in [0.4, 0.5) is 17.2 Å². The highest BCUT2D eigenvalue weighted by atomic mass is 35.5. The van der Waals surface area contributed by atoms with E-state index in [2.05, 4.69) is 27.1 Å². The Morgan fingerprint density at radius 1 is 1.15 bits per heavy atom. The van der Waals surface area contributed by atoms with Crippen LogP contribution in [0.5, 0.6) is 5.75 Å². The number of halogens is 1. The number of carbonyl (C=O) groups is 1. The molecule has 1 aliphatic heterocycles. The maximum Gasteiger partial charge on any atom is 0.293 e. The number of rotatable bonds is 8. The van der Waals surface area contributed by atoms with E-state index in [9.17, 15) is 9.59 Å². The molecule has 3 aromatic rings. The Balaban J connectivity index is 1.63. The van der Waals surface area contributed by atoms with Crippen molar-refractivity contribution in [2.75, 3.05) is 50.1 Å². The molecular formula is C25H30ClN5O3. The SMILES string of the molecule is CCC(=O)COc1cc2cc(Nc3cc(N4CCN(C)CC4)ncc3Cl)ccc2n(CC)c1=O. The number of ether oxygens (including phenoxy) is 1. The molecule has 0 radical (unpaired) electrons. The molecule has 8 nitrogen and oxygen atoms in total. The molecule has 0 amide bonds. The van der Waals surface area contributed by atoms with Crippen LogP contribution in [0.15, 0.2) is 41.3 Å². The van der Waals surface area contributed by atoms with Gasteiger partial charge in [-0.15, -0.1) is 0 Å². The summed E-state index contributed by atoms with van der Waals surface area (Å²) in [4.78, 5) is 33.6. The Morgan fingerprint density at radius 2 is 1.91 bits per heavy atom. The van der Waals surface area contributed by atoms with Crippen molar-refractivity contribution in [3.05, 3.63) is 51.9 Å². The van der Waals surface area contributed by atoms with E-state index in [-0.39, 0.29) is 23.7 Å². The lowest BCUT2D eigenvalue weighted by Crippen LogP contribution is -2.44. The van der Waals surface area contributed by atoms with Crippen molar-refractivity contribution in [3.63, 3.8) is 0 Å². The molecule has 0 aliphatic carbocycles. The number of benzene rings is 1. The van der Waals surface area contributed by atoms with E-state index >= 15 is 0 Å². The first-order valence-corrected chi connectivity index (χ1v) is 12.0. The monoisotopic (exact) mass is 483 g/mol. The van der Waals surface area contributed by atoms with Crippen molar-refractivity contribution in [1.29, 1.82) is 0 Å². The molecule has 9 heteroatoms. The van der Waals surface area contributed by atoms with Gasteiger partial charge in [0, 0.05) is 56.3 Å². The topological polar surface area (TPSA) is 79.7 Å². The van der Waals surface area contributed by atoms with Crippen LogP contribution in [0.2, 0.25) is 5.02 Å². The summed E-state index contributed by atoms with van der Waals surface area (Å²) in [5, 5.41) is 4.75. The molecule has 1 aliphatic rings. The van der Waals surface area contributed by atoms with Crippen molar-refractivity contribution < 1.29 is 9.53 Å². The number of nitrogens with one attached hydrogen (secondary N) is 1. The van der Waals surface area contributed by atoms with Crippen LogP contribution in [0, 0.1) is 0 Å². The molecule has 1 aromatic carbocycles. The normalized spacial score (nSPS) is 14.4. The predicted molar refractivity (Wildman–Crippen MR) is 137 cm³/mol. The number of hydrogen-bond donors (Lipinski definition) is 1. The van der Waals surface area contributed by atoms with Gasteiger partial charge in [0.15, 0.2) is 11.5 Å². The molecule has 3 heterocycles. The molecule has 0 bridgehead atoms. The number of aromatic nitrogens is 2. The fourth-order valence-corrected chi connectivity index (χ4v) is 4.15. The predicted octanol–water partition coefficient (Wildman–Crippen LogP) is 3.92. The number of aryl methyl sites for hydroxylation is 1. The van der Waals surface area contributed by atoms with Gasteiger partial charge < -0.3 is 24.4 Å². The van der Waals surface area contributed by atoms with Gasteiger partial charge in [0.1, 0.15) is 12.4 Å². The van der Waals surface area contributed by atoms with Crippen LogP contribution in [-0.4, -0.2) is 60.1 Å². The Hall–Kier alpha value is -3.10. The summed E-state index contributed by atoms with van der Waals surface area (Å²) in [6.07, 6.45) is 2.04. The van der Waals surface area contributed by atoms with Gasteiger partial charge in [-0.3, -0.25) is 9.59 Å².